The number of rotatable bonds is 4. The predicted molar refractivity (Wildman–Crippen MR) is 75.6 cm³/mol. The van der Waals surface area contributed by atoms with Crippen LogP contribution in [0.25, 0.3) is 0 Å². The highest BCUT2D eigenvalue weighted by atomic mass is 79.9. The van der Waals surface area contributed by atoms with Crippen molar-refractivity contribution in [3.8, 4) is 5.75 Å². The summed E-state index contributed by atoms with van der Waals surface area (Å²) in [7, 11) is 0. The van der Waals surface area contributed by atoms with Crippen molar-refractivity contribution in [1.82, 2.24) is 4.98 Å². The monoisotopic (exact) mass is 326 g/mol. The van der Waals surface area contributed by atoms with Crippen LogP contribution >= 0.6 is 27.5 Å². The SMILES string of the molecule is NCc1cc(Cl)ccc1OCc1cncc(Br)c1. The topological polar surface area (TPSA) is 48.1 Å². The van der Waals surface area contributed by atoms with Crippen LogP contribution in [0.5, 0.6) is 5.75 Å². The largest absolute Gasteiger partial charge is 0.489 e. The molecule has 94 valence electrons. The normalized spacial score (nSPS) is 10.4. The number of pyridine rings is 1. The lowest BCUT2D eigenvalue weighted by molar-refractivity contribution is 0.302. The van der Waals surface area contributed by atoms with Gasteiger partial charge in [-0.05, 0) is 40.2 Å². The first-order valence-electron chi connectivity index (χ1n) is 5.40. The van der Waals surface area contributed by atoms with E-state index in [9.17, 15) is 0 Å². The standard InChI is InChI=1S/C13H12BrClN2O/c14-11-3-9(6-17-7-11)8-18-13-2-1-12(15)4-10(13)5-16/h1-4,6-7H,5,8,16H2. The van der Waals surface area contributed by atoms with E-state index in [2.05, 4.69) is 20.9 Å². The zero-order valence-electron chi connectivity index (χ0n) is 9.57. The van der Waals surface area contributed by atoms with Crippen LogP contribution in [0.15, 0.2) is 41.1 Å². The van der Waals surface area contributed by atoms with Crippen molar-refractivity contribution >= 4 is 27.5 Å². The number of halogens is 2. The van der Waals surface area contributed by atoms with E-state index in [4.69, 9.17) is 22.1 Å². The number of aromatic nitrogens is 1. The highest BCUT2D eigenvalue weighted by Crippen LogP contribution is 2.23. The quantitative estimate of drug-likeness (QED) is 0.934. The molecule has 0 aliphatic rings. The maximum absolute atomic E-state index is 5.91. The van der Waals surface area contributed by atoms with Gasteiger partial charge in [-0.25, -0.2) is 0 Å². The van der Waals surface area contributed by atoms with Crippen LogP contribution in [-0.2, 0) is 13.2 Å². The lowest BCUT2D eigenvalue weighted by atomic mass is 10.2. The lowest BCUT2D eigenvalue weighted by Gasteiger charge is -2.10. The average molecular weight is 328 g/mol. The van der Waals surface area contributed by atoms with E-state index in [1.807, 2.05) is 18.2 Å². The molecule has 0 aliphatic carbocycles. The van der Waals surface area contributed by atoms with Crippen LogP contribution in [0, 0.1) is 0 Å². The number of hydrogen-bond acceptors (Lipinski definition) is 3. The molecule has 3 nitrogen and oxygen atoms in total. The minimum Gasteiger partial charge on any atom is -0.489 e. The van der Waals surface area contributed by atoms with Crippen LogP contribution < -0.4 is 10.5 Å². The molecule has 5 heteroatoms. The van der Waals surface area contributed by atoms with E-state index in [0.29, 0.717) is 18.2 Å². The molecule has 0 atom stereocenters. The molecule has 0 bridgehead atoms. The maximum atomic E-state index is 5.91. The molecule has 2 N–H and O–H groups in total. The molecule has 0 aliphatic heterocycles. The van der Waals surface area contributed by atoms with Crippen molar-refractivity contribution in [3.63, 3.8) is 0 Å². The van der Waals surface area contributed by atoms with E-state index in [1.165, 1.54) is 0 Å². The van der Waals surface area contributed by atoms with Gasteiger partial charge in [0.25, 0.3) is 0 Å². The third kappa shape index (κ3) is 3.45. The van der Waals surface area contributed by atoms with Gasteiger partial charge in [0, 0.05) is 39.6 Å². The third-order valence-electron chi connectivity index (χ3n) is 2.40. The van der Waals surface area contributed by atoms with E-state index >= 15 is 0 Å². The molecule has 0 saturated carbocycles. The summed E-state index contributed by atoms with van der Waals surface area (Å²) in [4.78, 5) is 4.08. The van der Waals surface area contributed by atoms with Gasteiger partial charge in [-0.2, -0.15) is 0 Å². The molecular formula is C13H12BrClN2O. The van der Waals surface area contributed by atoms with Gasteiger partial charge in [0.1, 0.15) is 12.4 Å². The van der Waals surface area contributed by atoms with Gasteiger partial charge in [-0.15, -0.1) is 0 Å². The van der Waals surface area contributed by atoms with E-state index in [1.54, 1.807) is 18.5 Å². The van der Waals surface area contributed by atoms with Crippen molar-refractivity contribution in [3.05, 3.63) is 57.3 Å². The van der Waals surface area contributed by atoms with Crippen molar-refractivity contribution in [2.45, 2.75) is 13.2 Å². The Labute approximate surface area is 119 Å². The van der Waals surface area contributed by atoms with Gasteiger partial charge < -0.3 is 10.5 Å². The van der Waals surface area contributed by atoms with Gasteiger partial charge in [-0.3, -0.25) is 4.98 Å². The lowest BCUT2D eigenvalue weighted by Crippen LogP contribution is -2.03. The molecule has 18 heavy (non-hydrogen) atoms. The van der Waals surface area contributed by atoms with Crippen LogP contribution in [0.3, 0.4) is 0 Å². The first kappa shape index (κ1) is 13.3. The fourth-order valence-corrected chi connectivity index (χ4v) is 2.15. The molecule has 2 aromatic rings. The summed E-state index contributed by atoms with van der Waals surface area (Å²) < 4.78 is 6.65. The van der Waals surface area contributed by atoms with Gasteiger partial charge >= 0.3 is 0 Å². The summed E-state index contributed by atoms with van der Waals surface area (Å²) >= 11 is 9.28. The molecular weight excluding hydrogens is 316 g/mol. The molecule has 0 unspecified atom stereocenters. The Morgan fingerprint density at radius 3 is 2.83 bits per heavy atom. The Balaban J connectivity index is 2.10. The molecule has 0 radical (unpaired) electrons. The first-order valence-corrected chi connectivity index (χ1v) is 6.57. The van der Waals surface area contributed by atoms with E-state index < -0.39 is 0 Å². The Bertz CT molecular complexity index is 548. The second-order valence-corrected chi connectivity index (χ2v) is 5.11. The van der Waals surface area contributed by atoms with E-state index in [0.717, 1.165) is 21.3 Å². The number of nitrogens with zero attached hydrogens (tertiary/aromatic N) is 1. The smallest absolute Gasteiger partial charge is 0.124 e. The van der Waals surface area contributed by atoms with Crippen molar-refractivity contribution in [1.29, 1.82) is 0 Å². The summed E-state index contributed by atoms with van der Waals surface area (Å²) in [6.07, 6.45) is 3.50. The van der Waals surface area contributed by atoms with Crippen molar-refractivity contribution in [2.24, 2.45) is 5.73 Å². The summed E-state index contributed by atoms with van der Waals surface area (Å²) in [5.41, 5.74) is 7.54. The third-order valence-corrected chi connectivity index (χ3v) is 3.07. The fraction of sp³-hybridized carbons (Fsp3) is 0.154. The molecule has 1 heterocycles. The van der Waals surface area contributed by atoms with Gasteiger partial charge in [0.2, 0.25) is 0 Å². The fourth-order valence-electron chi connectivity index (χ4n) is 1.54. The molecule has 2 rings (SSSR count). The number of hydrogen-bond donors (Lipinski definition) is 1. The second kappa shape index (κ2) is 6.18. The Hall–Kier alpha value is -1.10. The van der Waals surface area contributed by atoms with Crippen molar-refractivity contribution < 1.29 is 4.74 Å². The summed E-state index contributed by atoms with van der Waals surface area (Å²) in [6.45, 7) is 0.841. The Kier molecular flexibility index (Phi) is 4.58. The summed E-state index contributed by atoms with van der Waals surface area (Å²) in [5, 5.41) is 0.659. The summed E-state index contributed by atoms with van der Waals surface area (Å²) in [6, 6.07) is 7.40. The first-order chi connectivity index (χ1) is 8.69. The van der Waals surface area contributed by atoms with Crippen LogP contribution in [0.1, 0.15) is 11.1 Å². The van der Waals surface area contributed by atoms with Gasteiger partial charge in [0.05, 0.1) is 0 Å². The molecule has 1 aromatic carbocycles. The molecule has 0 amide bonds. The van der Waals surface area contributed by atoms with Crippen LogP contribution in [-0.4, -0.2) is 4.98 Å². The highest BCUT2D eigenvalue weighted by molar-refractivity contribution is 9.10. The Morgan fingerprint density at radius 1 is 1.28 bits per heavy atom. The summed E-state index contributed by atoms with van der Waals surface area (Å²) in [5.74, 6) is 0.752. The Morgan fingerprint density at radius 2 is 2.11 bits per heavy atom. The maximum Gasteiger partial charge on any atom is 0.124 e. The number of benzene rings is 1. The predicted octanol–water partition coefficient (Wildman–Crippen LogP) is 3.54. The van der Waals surface area contributed by atoms with Crippen LogP contribution in [0.2, 0.25) is 5.02 Å². The minimum absolute atomic E-state index is 0.395. The number of ether oxygens (including phenoxy) is 1. The zero-order valence-corrected chi connectivity index (χ0v) is 11.9. The molecule has 1 aromatic heterocycles. The minimum atomic E-state index is 0.395. The molecule has 0 saturated heterocycles. The number of nitrogens with two attached hydrogens (primary N) is 1. The van der Waals surface area contributed by atoms with Crippen molar-refractivity contribution in [2.75, 3.05) is 0 Å². The molecule has 0 spiro atoms. The van der Waals surface area contributed by atoms with Crippen LogP contribution in [0.4, 0.5) is 0 Å². The average Bonchev–Trinajstić information content (AvgIpc) is 2.37. The zero-order chi connectivity index (χ0) is 13.0. The van der Waals surface area contributed by atoms with Gasteiger partial charge in [-0.1, -0.05) is 11.6 Å². The van der Waals surface area contributed by atoms with Gasteiger partial charge in [0.15, 0.2) is 0 Å². The second-order valence-electron chi connectivity index (χ2n) is 3.76. The molecule has 0 fully saturated rings. The highest BCUT2D eigenvalue weighted by Gasteiger charge is 2.04. The van der Waals surface area contributed by atoms with E-state index in [-0.39, 0.29) is 0 Å².